The van der Waals surface area contributed by atoms with E-state index in [1.165, 1.54) is 28.2 Å². The standard InChI is InChI=1S/C14H19FN2O3S2/c1-21-11-14(18)16-7-2-8-17(10-9-16)22(19,20)13-5-3-12(15)4-6-13/h3-6H,2,7-11H2,1H3. The molecule has 0 aromatic heterocycles. The molecule has 1 aromatic rings. The van der Waals surface area contributed by atoms with Gasteiger partial charge < -0.3 is 4.90 Å². The Balaban J connectivity index is 2.10. The number of hydrogen-bond acceptors (Lipinski definition) is 4. The summed E-state index contributed by atoms with van der Waals surface area (Å²) in [6.07, 6.45) is 2.46. The third kappa shape index (κ3) is 3.99. The van der Waals surface area contributed by atoms with Gasteiger partial charge in [-0.15, -0.1) is 0 Å². The van der Waals surface area contributed by atoms with Crippen molar-refractivity contribution in [1.82, 2.24) is 9.21 Å². The largest absolute Gasteiger partial charge is 0.341 e. The smallest absolute Gasteiger partial charge is 0.243 e. The summed E-state index contributed by atoms with van der Waals surface area (Å²) < 4.78 is 39.4. The summed E-state index contributed by atoms with van der Waals surface area (Å²) in [7, 11) is -3.64. The monoisotopic (exact) mass is 346 g/mol. The lowest BCUT2D eigenvalue weighted by molar-refractivity contribution is -0.128. The van der Waals surface area contributed by atoms with E-state index in [0.717, 1.165) is 12.1 Å². The maximum absolute atomic E-state index is 12.9. The Morgan fingerprint density at radius 1 is 1.18 bits per heavy atom. The highest BCUT2D eigenvalue weighted by molar-refractivity contribution is 7.99. The summed E-state index contributed by atoms with van der Waals surface area (Å²) in [6, 6.07) is 4.82. The number of rotatable bonds is 4. The van der Waals surface area contributed by atoms with Gasteiger partial charge in [0.2, 0.25) is 15.9 Å². The Hall–Kier alpha value is -1.12. The van der Waals surface area contributed by atoms with Gasteiger partial charge in [-0.1, -0.05) is 0 Å². The molecule has 1 fully saturated rings. The average molecular weight is 346 g/mol. The van der Waals surface area contributed by atoms with E-state index in [4.69, 9.17) is 0 Å². The van der Waals surface area contributed by atoms with Gasteiger partial charge in [0, 0.05) is 26.2 Å². The van der Waals surface area contributed by atoms with Crippen molar-refractivity contribution in [3.8, 4) is 0 Å². The van der Waals surface area contributed by atoms with E-state index in [-0.39, 0.29) is 17.3 Å². The van der Waals surface area contributed by atoms with Crippen LogP contribution in [0.3, 0.4) is 0 Å². The van der Waals surface area contributed by atoms with Crippen LogP contribution < -0.4 is 0 Å². The van der Waals surface area contributed by atoms with Crippen LogP contribution in [-0.4, -0.2) is 61.7 Å². The Bertz CT molecular complexity index is 619. The molecule has 2 rings (SSSR count). The van der Waals surface area contributed by atoms with Crippen molar-refractivity contribution in [2.75, 3.05) is 38.2 Å². The molecule has 0 aliphatic carbocycles. The van der Waals surface area contributed by atoms with Gasteiger partial charge in [0.05, 0.1) is 10.6 Å². The molecule has 1 heterocycles. The van der Waals surface area contributed by atoms with Crippen molar-refractivity contribution < 1.29 is 17.6 Å². The molecule has 8 heteroatoms. The number of hydrogen-bond donors (Lipinski definition) is 0. The molecule has 1 aliphatic rings. The molecule has 0 radical (unpaired) electrons. The fourth-order valence-electron chi connectivity index (χ4n) is 2.35. The van der Waals surface area contributed by atoms with Crippen molar-refractivity contribution in [3.63, 3.8) is 0 Å². The zero-order valence-corrected chi connectivity index (χ0v) is 14.0. The average Bonchev–Trinajstić information content (AvgIpc) is 2.74. The molecule has 0 atom stereocenters. The first-order valence-electron chi connectivity index (χ1n) is 6.97. The summed E-state index contributed by atoms with van der Waals surface area (Å²) in [6.45, 7) is 1.58. The van der Waals surface area contributed by atoms with Gasteiger partial charge in [0.15, 0.2) is 0 Å². The molecular weight excluding hydrogens is 327 g/mol. The third-order valence-electron chi connectivity index (χ3n) is 3.53. The van der Waals surface area contributed by atoms with E-state index in [1.54, 1.807) is 4.90 Å². The molecular formula is C14H19FN2O3S2. The lowest BCUT2D eigenvalue weighted by Crippen LogP contribution is -2.38. The van der Waals surface area contributed by atoms with E-state index < -0.39 is 15.8 Å². The first-order chi connectivity index (χ1) is 10.4. The summed E-state index contributed by atoms with van der Waals surface area (Å²) in [5.74, 6) is -0.0257. The highest BCUT2D eigenvalue weighted by Crippen LogP contribution is 2.18. The number of benzene rings is 1. The van der Waals surface area contributed by atoms with E-state index in [2.05, 4.69) is 0 Å². The molecule has 1 saturated heterocycles. The van der Waals surface area contributed by atoms with Crippen molar-refractivity contribution in [1.29, 1.82) is 0 Å². The second kappa shape index (κ2) is 7.43. The summed E-state index contributed by atoms with van der Waals surface area (Å²) >= 11 is 1.46. The highest BCUT2D eigenvalue weighted by atomic mass is 32.2. The van der Waals surface area contributed by atoms with Crippen LogP contribution >= 0.6 is 11.8 Å². The second-order valence-electron chi connectivity index (χ2n) is 5.03. The number of nitrogens with zero attached hydrogens (tertiary/aromatic N) is 2. The van der Waals surface area contributed by atoms with Crippen LogP contribution in [0.15, 0.2) is 29.2 Å². The Kier molecular flexibility index (Phi) is 5.82. The number of halogens is 1. The number of carbonyl (C=O) groups is 1. The summed E-state index contributed by atoms with van der Waals surface area (Å²) in [5, 5.41) is 0. The molecule has 0 bridgehead atoms. The van der Waals surface area contributed by atoms with Crippen LogP contribution in [0.2, 0.25) is 0 Å². The predicted octanol–water partition coefficient (Wildman–Crippen LogP) is 1.41. The number of thioether (sulfide) groups is 1. The Morgan fingerprint density at radius 2 is 1.86 bits per heavy atom. The summed E-state index contributed by atoms with van der Waals surface area (Å²) in [4.78, 5) is 13.7. The molecule has 0 N–H and O–H groups in total. The Morgan fingerprint density at radius 3 is 2.50 bits per heavy atom. The molecule has 5 nitrogen and oxygen atoms in total. The van der Waals surface area contributed by atoms with Gasteiger partial charge in [0.1, 0.15) is 5.82 Å². The minimum atomic E-state index is -3.64. The topological polar surface area (TPSA) is 57.7 Å². The normalized spacial score (nSPS) is 17.3. The van der Waals surface area contributed by atoms with E-state index in [0.29, 0.717) is 31.8 Å². The van der Waals surface area contributed by atoms with E-state index in [1.807, 2.05) is 6.26 Å². The number of sulfonamides is 1. The zero-order chi connectivity index (χ0) is 16.2. The van der Waals surface area contributed by atoms with Crippen LogP contribution in [0.5, 0.6) is 0 Å². The fraction of sp³-hybridized carbons (Fsp3) is 0.500. The summed E-state index contributed by atoms with van der Waals surface area (Å²) in [5.41, 5.74) is 0. The SMILES string of the molecule is CSCC(=O)N1CCCN(S(=O)(=O)c2ccc(F)cc2)CC1. The van der Waals surface area contributed by atoms with Crippen LogP contribution in [0.25, 0.3) is 0 Å². The lowest BCUT2D eigenvalue weighted by atomic mass is 10.4. The van der Waals surface area contributed by atoms with Crippen LogP contribution in [0.1, 0.15) is 6.42 Å². The molecule has 122 valence electrons. The van der Waals surface area contributed by atoms with Gasteiger partial charge in [0.25, 0.3) is 0 Å². The van der Waals surface area contributed by atoms with Crippen LogP contribution in [0, 0.1) is 5.82 Å². The van der Waals surface area contributed by atoms with Crippen molar-refractivity contribution >= 4 is 27.7 Å². The molecule has 1 aromatic carbocycles. The van der Waals surface area contributed by atoms with Crippen molar-refractivity contribution in [2.24, 2.45) is 0 Å². The minimum Gasteiger partial charge on any atom is -0.341 e. The maximum Gasteiger partial charge on any atom is 0.243 e. The van der Waals surface area contributed by atoms with Gasteiger partial charge >= 0.3 is 0 Å². The van der Waals surface area contributed by atoms with Crippen LogP contribution in [-0.2, 0) is 14.8 Å². The third-order valence-corrected chi connectivity index (χ3v) is 5.98. The van der Waals surface area contributed by atoms with E-state index in [9.17, 15) is 17.6 Å². The van der Waals surface area contributed by atoms with Crippen molar-refractivity contribution in [3.05, 3.63) is 30.1 Å². The highest BCUT2D eigenvalue weighted by Gasteiger charge is 2.28. The first-order valence-corrected chi connectivity index (χ1v) is 9.81. The molecule has 1 aliphatic heterocycles. The molecule has 0 saturated carbocycles. The number of carbonyl (C=O) groups excluding carboxylic acids is 1. The maximum atomic E-state index is 12.9. The molecule has 0 unspecified atom stereocenters. The van der Waals surface area contributed by atoms with Crippen LogP contribution in [0.4, 0.5) is 4.39 Å². The quantitative estimate of drug-likeness (QED) is 0.827. The molecule has 0 spiro atoms. The van der Waals surface area contributed by atoms with Gasteiger partial charge in [-0.25, -0.2) is 12.8 Å². The molecule has 22 heavy (non-hydrogen) atoms. The minimum absolute atomic E-state index is 0.0357. The van der Waals surface area contributed by atoms with Gasteiger partial charge in [-0.2, -0.15) is 16.1 Å². The van der Waals surface area contributed by atoms with Gasteiger partial charge in [-0.3, -0.25) is 4.79 Å². The zero-order valence-electron chi connectivity index (χ0n) is 12.4. The predicted molar refractivity (Wildman–Crippen MR) is 84.7 cm³/mol. The number of amides is 1. The lowest BCUT2D eigenvalue weighted by Gasteiger charge is -2.21. The first kappa shape index (κ1) is 17.2. The second-order valence-corrected chi connectivity index (χ2v) is 7.83. The Labute approximate surface area is 134 Å². The fourth-order valence-corrected chi connectivity index (χ4v) is 4.25. The van der Waals surface area contributed by atoms with Gasteiger partial charge in [-0.05, 0) is 36.9 Å². The van der Waals surface area contributed by atoms with E-state index >= 15 is 0 Å². The molecule has 1 amide bonds. The van der Waals surface area contributed by atoms with Crippen molar-refractivity contribution in [2.45, 2.75) is 11.3 Å².